The first kappa shape index (κ1) is 65.5. The SMILES string of the molecule is CCCCCCCCCC/C=C\CCCCCCCCCCCCCCCCCC(=O)NC(COP(=O)([O-])OCC[N+](C)(C)C)C(O)/C=C/CC/C=C/CC/C=C/CCCCCCCCCC. The molecule has 0 heterocycles. The zero-order valence-corrected chi connectivity index (χ0v) is 45.7. The van der Waals surface area contributed by atoms with Gasteiger partial charge >= 0.3 is 0 Å². The van der Waals surface area contributed by atoms with E-state index in [9.17, 15) is 19.4 Å². The average Bonchev–Trinajstić information content (AvgIpc) is 3.29. The van der Waals surface area contributed by atoms with Gasteiger partial charge in [0.2, 0.25) is 5.91 Å². The van der Waals surface area contributed by atoms with E-state index >= 15 is 0 Å². The summed E-state index contributed by atoms with van der Waals surface area (Å²) in [5.74, 6) is -0.209. The fourth-order valence-corrected chi connectivity index (χ4v) is 8.96. The molecular weight excluding hydrogens is 852 g/mol. The van der Waals surface area contributed by atoms with Crippen molar-refractivity contribution in [2.45, 2.75) is 276 Å². The van der Waals surface area contributed by atoms with E-state index in [1.807, 2.05) is 27.2 Å². The summed E-state index contributed by atoms with van der Waals surface area (Å²) in [4.78, 5) is 25.5. The molecule has 0 aromatic carbocycles. The summed E-state index contributed by atoms with van der Waals surface area (Å²) >= 11 is 0. The second kappa shape index (κ2) is 49.4. The molecule has 0 aromatic heterocycles. The zero-order chi connectivity index (χ0) is 49.2. The van der Waals surface area contributed by atoms with E-state index in [0.29, 0.717) is 17.4 Å². The van der Waals surface area contributed by atoms with Crippen LogP contribution < -0.4 is 10.2 Å². The van der Waals surface area contributed by atoms with Crippen molar-refractivity contribution in [1.29, 1.82) is 0 Å². The molecule has 3 atom stereocenters. The third-order valence-corrected chi connectivity index (χ3v) is 13.7. The topological polar surface area (TPSA) is 108 Å². The van der Waals surface area contributed by atoms with Crippen molar-refractivity contribution in [2.24, 2.45) is 0 Å². The highest BCUT2D eigenvalue weighted by Gasteiger charge is 2.23. The maximum Gasteiger partial charge on any atom is 0.268 e. The number of hydrogen-bond donors (Lipinski definition) is 2. The van der Waals surface area contributed by atoms with Gasteiger partial charge in [-0.1, -0.05) is 236 Å². The lowest BCUT2D eigenvalue weighted by Crippen LogP contribution is -2.45. The summed E-state index contributed by atoms with van der Waals surface area (Å²) in [6.45, 7) is 4.64. The largest absolute Gasteiger partial charge is 0.756 e. The first-order valence-corrected chi connectivity index (χ1v) is 30.0. The minimum absolute atomic E-state index is 0.00886. The minimum atomic E-state index is -4.61. The van der Waals surface area contributed by atoms with Crippen LogP contribution in [0.2, 0.25) is 0 Å². The lowest BCUT2D eigenvalue weighted by Gasteiger charge is -2.29. The Bertz CT molecular complexity index is 1230. The maximum atomic E-state index is 13.0. The molecule has 0 bridgehead atoms. The smallest absolute Gasteiger partial charge is 0.268 e. The van der Waals surface area contributed by atoms with Crippen LogP contribution in [0.5, 0.6) is 0 Å². The predicted molar refractivity (Wildman–Crippen MR) is 288 cm³/mol. The van der Waals surface area contributed by atoms with Crippen molar-refractivity contribution in [3.63, 3.8) is 0 Å². The number of unbranched alkanes of at least 4 members (excludes halogenated alkanes) is 33. The first-order chi connectivity index (χ1) is 32.5. The number of aliphatic hydroxyl groups excluding tert-OH is 1. The number of nitrogens with zero attached hydrogens (tertiary/aromatic N) is 1. The van der Waals surface area contributed by atoms with Crippen LogP contribution in [0.1, 0.15) is 264 Å². The maximum absolute atomic E-state index is 13.0. The molecule has 67 heavy (non-hydrogen) atoms. The van der Waals surface area contributed by atoms with Crippen LogP contribution in [0.15, 0.2) is 48.6 Å². The van der Waals surface area contributed by atoms with Crippen molar-refractivity contribution >= 4 is 13.7 Å². The Balaban J connectivity index is 4.22. The van der Waals surface area contributed by atoms with Crippen LogP contribution in [-0.4, -0.2) is 68.5 Å². The number of phosphoric acid groups is 1. The normalized spacial score (nSPS) is 14.3. The average molecular weight is 964 g/mol. The second-order valence-electron chi connectivity index (χ2n) is 20.6. The summed E-state index contributed by atoms with van der Waals surface area (Å²) < 4.78 is 23.3. The van der Waals surface area contributed by atoms with Gasteiger partial charge in [0, 0.05) is 6.42 Å². The minimum Gasteiger partial charge on any atom is -0.756 e. The van der Waals surface area contributed by atoms with E-state index in [2.05, 4.69) is 55.6 Å². The Kier molecular flexibility index (Phi) is 48.3. The Labute approximate surface area is 416 Å². The van der Waals surface area contributed by atoms with Crippen LogP contribution in [0, 0.1) is 0 Å². The van der Waals surface area contributed by atoms with Crippen molar-refractivity contribution in [2.75, 3.05) is 40.9 Å². The number of rotatable bonds is 52. The Morgan fingerprint density at radius 3 is 1.21 bits per heavy atom. The number of amides is 1. The Morgan fingerprint density at radius 2 is 0.836 bits per heavy atom. The number of carbonyl (C=O) groups excluding carboxylic acids is 1. The summed E-state index contributed by atoms with van der Waals surface area (Å²) in [7, 11) is 1.24. The van der Waals surface area contributed by atoms with Crippen molar-refractivity contribution in [3.05, 3.63) is 48.6 Å². The van der Waals surface area contributed by atoms with Crippen LogP contribution in [-0.2, 0) is 18.4 Å². The molecule has 3 unspecified atom stereocenters. The van der Waals surface area contributed by atoms with E-state index in [4.69, 9.17) is 9.05 Å². The molecule has 8 nitrogen and oxygen atoms in total. The van der Waals surface area contributed by atoms with Gasteiger partial charge in [0.15, 0.2) is 0 Å². The standard InChI is InChI=1S/C58H111N2O6P/c1-6-8-10-12-14-16-18-20-22-24-26-27-28-29-30-31-32-33-34-36-38-40-42-44-46-48-50-52-58(62)59-56(55-66-67(63,64)65-54-53-60(3,4)5)57(61)51-49-47-45-43-41-39-37-35-25-23-21-19-17-15-13-11-9-7-2/h24-26,35,41,43,49,51,56-57,61H,6-23,27-34,36-40,42,44-48,50,52-55H2,1-5H3,(H-,59,62,63,64)/b26-24-,35-25+,43-41+,51-49+. The number of allylic oxidation sites excluding steroid dienone is 7. The van der Waals surface area contributed by atoms with Gasteiger partial charge in [-0.05, 0) is 70.6 Å². The molecule has 0 aromatic rings. The quantitative estimate of drug-likeness (QED) is 0.0272. The van der Waals surface area contributed by atoms with Crippen molar-refractivity contribution in [1.82, 2.24) is 5.32 Å². The summed E-state index contributed by atoms with van der Waals surface area (Å²) in [5, 5.41) is 13.8. The number of quaternary nitrogens is 1. The molecule has 0 radical (unpaired) electrons. The van der Waals surface area contributed by atoms with E-state index in [-0.39, 0.29) is 12.5 Å². The summed E-state index contributed by atoms with van der Waals surface area (Å²) in [5.41, 5.74) is 0. The second-order valence-corrected chi connectivity index (χ2v) is 22.0. The number of nitrogens with one attached hydrogen (secondary N) is 1. The van der Waals surface area contributed by atoms with Gasteiger partial charge in [-0.3, -0.25) is 9.36 Å². The molecule has 394 valence electrons. The van der Waals surface area contributed by atoms with Crippen LogP contribution in [0.25, 0.3) is 0 Å². The monoisotopic (exact) mass is 963 g/mol. The molecule has 0 aliphatic rings. The highest BCUT2D eigenvalue weighted by atomic mass is 31.2. The predicted octanol–water partition coefficient (Wildman–Crippen LogP) is 16.5. The molecule has 0 aliphatic carbocycles. The molecule has 0 saturated carbocycles. The van der Waals surface area contributed by atoms with E-state index in [1.54, 1.807) is 6.08 Å². The molecule has 0 spiro atoms. The summed E-state index contributed by atoms with van der Waals surface area (Å²) in [6.07, 6.45) is 64.8. The third kappa shape index (κ3) is 52.1. The molecule has 2 N–H and O–H groups in total. The van der Waals surface area contributed by atoms with Crippen molar-refractivity contribution < 1.29 is 32.9 Å². The number of phosphoric ester groups is 1. The number of carbonyl (C=O) groups is 1. The Hall–Kier alpha value is -1.54. The van der Waals surface area contributed by atoms with Gasteiger partial charge in [0.25, 0.3) is 7.82 Å². The Morgan fingerprint density at radius 1 is 0.507 bits per heavy atom. The fourth-order valence-electron chi connectivity index (χ4n) is 8.24. The fraction of sp³-hybridized carbons (Fsp3) is 0.845. The highest BCUT2D eigenvalue weighted by Crippen LogP contribution is 2.38. The third-order valence-electron chi connectivity index (χ3n) is 12.7. The van der Waals surface area contributed by atoms with Crippen LogP contribution >= 0.6 is 7.82 Å². The molecule has 9 heteroatoms. The summed E-state index contributed by atoms with van der Waals surface area (Å²) in [6, 6.07) is -0.910. The first-order valence-electron chi connectivity index (χ1n) is 28.5. The molecule has 1 amide bonds. The lowest BCUT2D eigenvalue weighted by atomic mass is 10.0. The molecule has 0 rings (SSSR count). The van der Waals surface area contributed by atoms with Crippen LogP contribution in [0.4, 0.5) is 0 Å². The zero-order valence-electron chi connectivity index (χ0n) is 44.9. The van der Waals surface area contributed by atoms with E-state index < -0.39 is 26.6 Å². The van der Waals surface area contributed by atoms with Gasteiger partial charge in [-0.25, -0.2) is 0 Å². The molecule has 0 saturated heterocycles. The van der Waals surface area contributed by atoms with Crippen LogP contribution in [0.3, 0.4) is 0 Å². The molecule has 0 aliphatic heterocycles. The lowest BCUT2D eigenvalue weighted by molar-refractivity contribution is -0.870. The molecular formula is C58H111N2O6P. The number of aliphatic hydroxyl groups is 1. The number of hydrogen-bond acceptors (Lipinski definition) is 6. The van der Waals surface area contributed by atoms with Crippen molar-refractivity contribution in [3.8, 4) is 0 Å². The van der Waals surface area contributed by atoms with E-state index in [1.165, 1.54) is 199 Å². The van der Waals surface area contributed by atoms with E-state index in [0.717, 1.165) is 44.9 Å². The van der Waals surface area contributed by atoms with Gasteiger partial charge in [0.1, 0.15) is 13.2 Å². The highest BCUT2D eigenvalue weighted by molar-refractivity contribution is 7.45. The van der Waals surface area contributed by atoms with Gasteiger partial charge < -0.3 is 28.8 Å². The van der Waals surface area contributed by atoms with Gasteiger partial charge in [-0.2, -0.15) is 0 Å². The molecule has 0 fully saturated rings. The van der Waals surface area contributed by atoms with Gasteiger partial charge in [-0.15, -0.1) is 0 Å². The number of likely N-dealkylation sites (N-methyl/N-ethyl adjacent to an activating group) is 1. The van der Waals surface area contributed by atoms with Gasteiger partial charge in [0.05, 0.1) is 39.9 Å².